The fraction of sp³-hybridized carbons (Fsp3) is 0.750. The molecule has 4 aliphatic carbocycles. The lowest BCUT2D eigenvalue weighted by Crippen LogP contribution is -2.52. The maximum absolute atomic E-state index is 6.92. The minimum atomic E-state index is -1.72. The number of ether oxygens (including phenoxy) is 1. The monoisotopic (exact) mass is 494 g/mol. The third-order valence-electron chi connectivity index (χ3n) is 11.5. The molecule has 7 atom stereocenters. The molecule has 4 aliphatic rings. The topological polar surface area (TPSA) is 18.5 Å². The van der Waals surface area contributed by atoms with E-state index in [0.29, 0.717) is 23.0 Å². The molecule has 2 nitrogen and oxygen atoms in total. The molecule has 194 valence electrons. The molecule has 1 aromatic carbocycles. The molecule has 5 rings (SSSR count). The summed E-state index contributed by atoms with van der Waals surface area (Å²) in [6.45, 7) is 19.3. The fourth-order valence-electron chi connectivity index (χ4n) is 8.25. The summed E-state index contributed by atoms with van der Waals surface area (Å²) >= 11 is 0. The van der Waals surface area contributed by atoms with Crippen LogP contribution in [-0.4, -0.2) is 20.5 Å². The van der Waals surface area contributed by atoms with Crippen LogP contribution in [-0.2, 0) is 4.43 Å². The Balaban J connectivity index is 1.31. The predicted molar refractivity (Wildman–Crippen MR) is 149 cm³/mol. The molecule has 0 amide bonds. The molecule has 3 saturated carbocycles. The summed E-state index contributed by atoms with van der Waals surface area (Å²) in [6, 6.07) is 8.69. The Hall–Kier alpha value is -1.06. The summed E-state index contributed by atoms with van der Waals surface area (Å²) in [5, 5.41) is 0.285. The predicted octanol–water partition coefficient (Wildman–Crippen LogP) is 9.10. The molecule has 1 aromatic rings. The van der Waals surface area contributed by atoms with E-state index in [-0.39, 0.29) is 5.04 Å². The van der Waals surface area contributed by atoms with Gasteiger partial charge in [-0.3, -0.25) is 0 Å². The van der Waals surface area contributed by atoms with Gasteiger partial charge in [0.15, 0.2) is 8.32 Å². The Morgan fingerprint density at radius 1 is 0.914 bits per heavy atom. The minimum Gasteiger partial charge on any atom is -0.490 e. The number of allylic oxidation sites excluding steroid dienone is 1. The van der Waals surface area contributed by atoms with Crippen LogP contribution in [0, 0.1) is 35.5 Å². The zero-order chi connectivity index (χ0) is 25.2. The largest absolute Gasteiger partial charge is 0.490 e. The van der Waals surface area contributed by atoms with E-state index >= 15 is 0 Å². The Kier molecular flexibility index (Phi) is 6.40. The van der Waals surface area contributed by atoms with Crippen molar-refractivity contribution in [3.05, 3.63) is 41.5 Å². The van der Waals surface area contributed by atoms with Crippen LogP contribution >= 0.6 is 0 Å². The Bertz CT molecular complexity index is 957. The second kappa shape index (κ2) is 8.76. The number of rotatable bonds is 4. The lowest BCUT2D eigenvalue weighted by atomic mass is 9.48. The maximum Gasteiger partial charge on any atom is 0.192 e. The summed E-state index contributed by atoms with van der Waals surface area (Å²) in [5.74, 6) is 3.52. The van der Waals surface area contributed by atoms with Crippen molar-refractivity contribution in [3.63, 3.8) is 0 Å². The molecule has 0 N–H and O–H groups in total. The third kappa shape index (κ3) is 4.37. The van der Waals surface area contributed by atoms with Crippen LogP contribution in [0.15, 0.2) is 35.9 Å². The van der Waals surface area contributed by atoms with Gasteiger partial charge in [-0.05, 0) is 112 Å². The first kappa shape index (κ1) is 25.6. The van der Waals surface area contributed by atoms with E-state index in [1.54, 1.807) is 5.57 Å². The highest BCUT2D eigenvalue weighted by Crippen LogP contribution is 2.65. The Morgan fingerprint density at radius 3 is 2.31 bits per heavy atom. The zero-order valence-electron chi connectivity index (χ0n) is 23.7. The molecule has 0 saturated heterocycles. The third-order valence-corrected chi connectivity index (χ3v) is 16.1. The molecule has 3 heteroatoms. The summed E-state index contributed by atoms with van der Waals surface area (Å²) in [5.41, 5.74) is 3.74. The van der Waals surface area contributed by atoms with E-state index in [1.807, 2.05) is 0 Å². The first-order valence-electron chi connectivity index (χ1n) is 14.4. The van der Waals surface area contributed by atoms with Crippen molar-refractivity contribution in [2.24, 2.45) is 28.6 Å². The van der Waals surface area contributed by atoms with E-state index in [4.69, 9.17) is 9.16 Å². The number of aryl methyl sites for hydroxylation is 1. The zero-order valence-corrected chi connectivity index (χ0v) is 24.7. The average molecular weight is 495 g/mol. The molecule has 0 radical (unpaired) electrons. The van der Waals surface area contributed by atoms with Crippen LogP contribution in [0.3, 0.4) is 0 Å². The van der Waals surface area contributed by atoms with E-state index in [0.717, 1.165) is 23.5 Å². The standard InChI is InChI=1S/C32H50O2Si/c1-22-9-12-24(13-10-22)33-29-16-15-27-26-14-11-23-21-25(34-35(7,8)30(2,3)4)17-19-31(23,5)28(26)18-20-32(27,29)6/h9-13,25-29H,14-21H2,1-8H3/t25?,26-,27-,28+,29?,31-,32-/m0/s1. The van der Waals surface area contributed by atoms with E-state index in [9.17, 15) is 0 Å². The summed E-state index contributed by atoms with van der Waals surface area (Å²) in [4.78, 5) is 0. The van der Waals surface area contributed by atoms with Crippen LogP contribution < -0.4 is 4.74 Å². The number of hydrogen-bond acceptors (Lipinski definition) is 2. The van der Waals surface area contributed by atoms with Gasteiger partial charge in [-0.2, -0.15) is 0 Å². The van der Waals surface area contributed by atoms with Crippen molar-refractivity contribution in [2.75, 3.05) is 0 Å². The van der Waals surface area contributed by atoms with Gasteiger partial charge in [0.25, 0.3) is 0 Å². The summed E-state index contributed by atoms with van der Waals surface area (Å²) in [6.07, 6.45) is 13.7. The summed E-state index contributed by atoms with van der Waals surface area (Å²) < 4.78 is 13.6. The van der Waals surface area contributed by atoms with Gasteiger partial charge in [0.1, 0.15) is 11.9 Å². The van der Waals surface area contributed by atoms with Crippen LogP contribution in [0.25, 0.3) is 0 Å². The maximum atomic E-state index is 6.92. The average Bonchev–Trinajstić information content (AvgIpc) is 3.11. The van der Waals surface area contributed by atoms with Crippen molar-refractivity contribution in [2.45, 2.75) is 123 Å². The highest BCUT2D eigenvalue weighted by Gasteiger charge is 2.59. The van der Waals surface area contributed by atoms with E-state index < -0.39 is 8.32 Å². The summed E-state index contributed by atoms with van der Waals surface area (Å²) in [7, 11) is -1.72. The Morgan fingerprint density at radius 2 is 1.63 bits per heavy atom. The minimum absolute atomic E-state index is 0.285. The van der Waals surface area contributed by atoms with Crippen molar-refractivity contribution >= 4 is 8.32 Å². The van der Waals surface area contributed by atoms with Gasteiger partial charge in [-0.1, -0.05) is 64.0 Å². The van der Waals surface area contributed by atoms with Crippen LogP contribution in [0.2, 0.25) is 18.1 Å². The molecule has 2 unspecified atom stereocenters. The molecule has 0 aliphatic heterocycles. The molecule has 35 heavy (non-hydrogen) atoms. The van der Waals surface area contributed by atoms with Crippen LogP contribution in [0.1, 0.15) is 91.5 Å². The van der Waals surface area contributed by atoms with Gasteiger partial charge in [-0.25, -0.2) is 0 Å². The number of hydrogen-bond donors (Lipinski definition) is 0. The molecular formula is C32H50O2Si. The SMILES string of the molecule is Cc1ccc(OC2CC[C@H]3[C@@H]4CC=C5CC(O[Si](C)(C)C(C)(C)C)CC[C@]5(C)[C@@H]4CC[C@]23C)cc1. The molecule has 0 bridgehead atoms. The van der Waals surface area contributed by atoms with E-state index in [2.05, 4.69) is 85.0 Å². The first-order valence-corrected chi connectivity index (χ1v) is 17.3. The fourth-order valence-corrected chi connectivity index (χ4v) is 9.64. The second-order valence-electron chi connectivity index (χ2n) is 14.5. The quantitative estimate of drug-likeness (QED) is 0.307. The second-order valence-corrected chi connectivity index (χ2v) is 19.3. The van der Waals surface area contributed by atoms with Crippen molar-refractivity contribution < 1.29 is 9.16 Å². The highest BCUT2D eigenvalue weighted by atomic mass is 28.4. The lowest BCUT2D eigenvalue weighted by Gasteiger charge is -2.58. The van der Waals surface area contributed by atoms with Gasteiger partial charge < -0.3 is 9.16 Å². The van der Waals surface area contributed by atoms with Gasteiger partial charge in [0.2, 0.25) is 0 Å². The lowest BCUT2D eigenvalue weighted by molar-refractivity contribution is -0.0644. The van der Waals surface area contributed by atoms with Crippen molar-refractivity contribution in [1.82, 2.24) is 0 Å². The number of fused-ring (bicyclic) bond motifs is 5. The highest BCUT2D eigenvalue weighted by molar-refractivity contribution is 6.74. The van der Waals surface area contributed by atoms with Gasteiger partial charge in [0.05, 0.1) is 0 Å². The Labute approximate surface area is 216 Å². The normalized spacial score (nSPS) is 39.3. The molecule has 0 aromatic heterocycles. The van der Waals surface area contributed by atoms with Gasteiger partial charge in [0, 0.05) is 11.5 Å². The van der Waals surface area contributed by atoms with E-state index in [1.165, 1.54) is 56.9 Å². The molecular weight excluding hydrogens is 444 g/mol. The number of benzene rings is 1. The van der Waals surface area contributed by atoms with Crippen molar-refractivity contribution in [3.8, 4) is 5.75 Å². The smallest absolute Gasteiger partial charge is 0.192 e. The molecule has 3 fully saturated rings. The molecule has 0 heterocycles. The van der Waals surface area contributed by atoms with Crippen LogP contribution in [0.5, 0.6) is 5.75 Å². The first-order chi connectivity index (χ1) is 16.3. The van der Waals surface area contributed by atoms with Crippen LogP contribution in [0.4, 0.5) is 0 Å². The van der Waals surface area contributed by atoms with Gasteiger partial charge >= 0.3 is 0 Å². The molecule has 0 spiro atoms. The van der Waals surface area contributed by atoms with Crippen molar-refractivity contribution in [1.29, 1.82) is 0 Å². The van der Waals surface area contributed by atoms with Gasteiger partial charge in [-0.15, -0.1) is 0 Å².